The molecule has 9 heteroatoms. The Balaban J connectivity index is 3.87. The van der Waals surface area contributed by atoms with Crippen molar-refractivity contribution in [3.63, 3.8) is 0 Å². The number of phosphoric acid groups is 1. The van der Waals surface area contributed by atoms with E-state index in [4.69, 9.17) is 9.05 Å². The standard InChI is InChI=1S/C48H97N2O6P/c1-6-8-10-12-14-15-16-17-18-19-20-21-22-23-24-25-26-27-28-29-30-31-32-33-34-35-36-38-40-42-48(52)49-46(47(51)41-39-37-13-11-9-7-2)45-56-57(53,54)55-44-43-50(3,4)5/h19-20,46-47,51H,6-18,21-45H2,1-5H3,(H-,49,52,53,54)/p+1/b20-19-. The number of amides is 1. The van der Waals surface area contributed by atoms with Crippen LogP contribution < -0.4 is 5.32 Å². The first-order valence-corrected chi connectivity index (χ1v) is 26.0. The molecule has 0 aromatic heterocycles. The van der Waals surface area contributed by atoms with Crippen LogP contribution in [0.3, 0.4) is 0 Å². The summed E-state index contributed by atoms with van der Waals surface area (Å²) in [6.45, 7) is 4.84. The van der Waals surface area contributed by atoms with Crippen molar-refractivity contribution < 1.29 is 32.9 Å². The number of hydrogen-bond donors (Lipinski definition) is 3. The molecule has 0 aliphatic carbocycles. The van der Waals surface area contributed by atoms with Crippen molar-refractivity contribution in [3.05, 3.63) is 12.2 Å². The Bertz CT molecular complexity index is 942. The van der Waals surface area contributed by atoms with Gasteiger partial charge in [0.05, 0.1) is 39.9 Å². The molecule has 0 radical (unpaired) electrons. The normalized spacial score (nSPS) is 14.3. The van der Waals surface area contributed by atoms with Gasteiger partial charge in [0.25, 0.3) is 0 Å². The van der Waals surface area contributed by atoms with E-state index in [-0.39, 0.29) is 19.1 Å². The number of allylic oxidation sites excluding steroid dienone is 2. The summed E-state index contributed by atoms with van der Waals surface area (Å²) in [5.41, 5.74) is 0. The predicted octanol–water partition coefficient (Wildman–Crippen LogP) is 13.9. The second kappa shape index (κ2) is 40.6. The maximum absolute atomic E-state index is 12.8. The van der Waals surface area contributed by atoms with Crippen molar-refractivity contribution >= 4 is 13.7 Å². The largest absolute Gasteiger partial charge is 0.472 e. The van der Waals surface area contributed by atoms with Gasteiger partial charge >= 0.3 is 7.82 Å². The number of phosphoric ester groups is 1. The van der Waals surface area contributed by atoms with E-state index < -0.39 is 20.0 Å². The fraction of sp³-hybridized carbons (Fsp3) is 0.938. The van der Waals surface area contributed by atoms with Crippen LogP contribution in [0, 0.1) is 0 Å². The molecule has 8 nitrogen and oxygen atoms in total. The van der Waals surface area contributed by atoms with Crippen molar-refractivity contribution in [1.29, 1.82) is 0 Å². The maximum atomic E-state index is 12.8. The van der Waals surface area contributed by atoms with Gasteiger partial charge in [-0.25, -0.2) is 4.57 Å². The molecule has 0 aliphatic heterocycles. The highest BCUT2D eigenvalue weighted by atomic mass is 31.2. The Labute approximate surface area is 354 Å². The summed E-state index contributed by atoms with van der Waals surface area (Å²) in [5.74, 6) is -0.146. The van der Waals surface area contributed by atoms with Gasteiger partial charge in [-0.05, 0) is 38.5 Å². The van der Waals surface area contributed by atoms with Gasteiger partial charge in [-0.1, -0.05) is 206 Å². The Morgan fingerprint density at radius 2 is 0.947 bits per heavy atom. The second-order valence-electron chi connectivity index (χ2n) is 18.2. The summed E-state index contributed by atoms with van der Waals surface area (Å²) in [4.78, 5) is 23.0. The number of aliphatic hydroxyl groups excluding tert-OH is 1. The van der Waals surface area contributed by atoms with Crippen LogP contribution in [0.4, 0.5) is 0 Å². The van der Waals surface area contributed by atoms with Crippen LogP contribution >= 0.6 is 7.82 Å². The van der Waals surface area contributed by atoms with E-state index in [1.54, 1.807) is 0 Å². The van der Waals surface area contributed by atoms with Gasteiger partial charge in [0, 0.05) is 6.42 Å². The lowest BCUT2D eigenvalue weighted by atomic mass is 10.0. The lowest BCUT2D eigenvalue weighted by molar-refractivity contribution is -0.870. The number of nitrogens with zero attached hydrogens (tertiary/aromatic N) is 1. The first-order valence-electron chi connectivity index (χ1n) is 24.6. The molecule has 0 heterocycles. The molecule has 340 valence electrons. The molecule has 0 aromatic carbocycles. The Kier molecular flexibility index (Phi) is 40.1. The molecule has 0 saturated heterocycles. The highest BCUT2D eigenvalue weighted by Gasteiger charge is 2.28. The predicted molar refractivity (Wildman–Crippen MR) is 245 cm³/mol. The molecule has 0 fully saturated rings. The Hall–Kier alpha value is -0.760. The first-order chi connectivity index (χ1) is 27.5. The molecule has 3 unspecified atom stereocenters. The molecule has 3 N–H and O–H groups in total. The van der Waals surface area contributed by atoms with Crippen LogP contribution in [0.1, 0.15) is 239 Å². The van der Waals surface area contributed by atoms with E-state index in [0.717, 1.165) is 38.5 Å². The van der Waals surface area contributed by atoms with Gasteiger partial charge in [-0.2, -0.15) is 0 Å². The summed E-state index contributed by atoms with van der Waals surface area (Å²) in [5, 5.41) is 13.8. The van der Waals surface area contributed by atoms with Gasteiger partial charge in [-0.15, -0.1) is 0 Å². The lowest BCUT2D eigenvalue weighted by Crippen LogP contribution is -2.46. The Morgan fingerprint density at radius 1 is 0.579 bits per heavy atom. The van der Waals surface area contributed by atoms with Gasteiger partial charge in [0.1, 0.15) is 13.2 Å². The van der Waals surface area contributed by atoms with Crippen molar-refractivity contribution in [2.45, 2.75) is 251 Å². The zero-order valence-corrected chi connectivity index (χ0v) is 39.5. The molecule has 0 aromatic rings. The van der Waals surface area contributed by atoms with Crippen LogP contribution in [0.2, 0.25) is 0 Å². The van der Waals surface area contributed by atoms with Gasteiger partial charge < -0.3 is 19.8 Å². The molecule has 0 bridgehead atoms. The molecule has 0 rings (SSSR count). The summed E-state index contributed by atoms with van der Waals surface area (Å²) in [7, 11) is 1.62. The zero-order chi connectivity index (χ0) is 42.1. The number of carbonyl (C=O) groups excluding carboxylic acids is 1. The molecule has 3 atom stereocenters. The molecular formula is C48H98N2O6P+. The number of unbranched alkanes of at least 4 members (excludes halogenated alkanes) is 30. The average molecular weight is 830 g/mol. The number of quaternary nitrogens is 1. The van der Waals surface area contributed by atoms with E-state index in [2.05, 4.69) is 31.3 Å². The minimum absolute atomic E-state index is 0.0764. The first kappa shape index (κ1) is 56.2. The number of rotatable bonds is 45. The van der Waals surface area contributed by atoms with Gasteiger partial charge in [0.15, 0.2) is 0 Å². The van der Waals surface area contributed by atoms with Gasteiger partial charge in [0.2, 0.25) is 5.91 Å². The number of nitrogens with one attached hydrogen (secondary N) is 1. The number of carbonyl (C=O) groups is 1. The number of hydrogen-bond acceptors (Lipinski definition) is 5. The van der Waals surface area contributed by atoms with E-state index in [1.165, 1.54) is 173 Å². The lowest BCUT2D eigenvalue weighted by Gasteiger charge is -2.26. The third-order valence-corrected chi connectivity index (χ3v) is 12.2. The van der Waals surface area contributed by atoms with Crippen molar-refractivity contribution in [3.8, 4) is 0 Å². The van der Waals surface area contributed by atoms with E-state index in [1.807, 2.05) is 21.1 Å². The monoisotopic (exact) mass is 830 g/mol. The number of aliphatic hydroxyl groups is 1. The smallest absolute Gasteiger partial charge is 0.391 e. The van der Waals surface area contributed by atoms with Crippen LogP contribution in [0.15, 0.2) is 12.2 Å². The highest BCUT2D eigenvalue weighted by molar-refractivity contribution is 7.47. The average Bonchev–Trinajstić information content (AvgIpc) is 3.16. The fourth-order valence-corrected chi connectivity index (χ4v) is 8.07. The molecule has 57 heavy (non-hydrogen) atoms. The molecule has 0 saturated carbocycles. The van der Waals surface area contributed by atoms with Crippen LogP contribution in [-0.4, -0.2) is 73.4 Å². The number of likely N-dealkylation sites (N-methyl/N-ethyl adjacent to an activating group) is 1. The summed E-state index contributed by atoms with van der Waals surface area (Å²) in [6, 6.07) is -0.752. The van der Waals surface area contributed by atoms with Crippen LogP contribution in [0.5, 0.6) is 0 Å². The maximum Gasteiger partial charge on any atom is 0.472 e. The third kappa shape index (κ3) is 43.1. The minimum atomic E-state index is -4.30. The quantitative estimate of drug-likeness (QED) is 0.0244. The van der Waals surface area contributed by atoms with Crippen LogP contribution in [-0.2, 0) is 18.4 Å². The summed E-state index contributed by atoms with van der Waals surface area (Å²) >= 11 is 0. The summed E-state index contributed by atoms with van der Waals surface area (Å²) < 4.78 is 23.5. The summed E-state index contributed by atoms with van der Waals surface area (Å²) in [6.07, 6.45) is 47.3. The third-order valence-electron chi connectivity index (χ3n) is 11.3. The van der Waals surface area contributed by atoms with Crippen LogP contribution in [0.25, 0.3) is 0 Å². The minimum Gasteiger partial charge on any atom is -0.391 e. The Morgan fingerprint density at radius 3 is 1.35 bits per heavy atom. The fourth-order valence-electron chi connectivity index (χ4n) is 7.34. The molecular weight excluding hydrogens is 732 g/mol. The second-order valence-corrected chi connectivity index (χ2v) is 19.6. The molecule has 0 spiro atoms. The van der Waals surface area contributed by atoms with Crippen molar-refractivity contribution in [1.82, 2.24) is 5.32 Å². The van der Waals surface area contributed by atoms with E-state index in [9.17, 15) is 19.4 Å². The van der Waals surface area contributed by atoms with E-state index in [0.29, 0.717) is 23.9 Å². The van der Waals surface area contributed by atoms with Gasteiger partial charge in [-0.3, -0.25) is 13.8 Å². The molecule has 1 amide bonds. The topological polar surface area (TPSA) is 105 Å². The van der Waals surface area contributed by atoms with Crippen molar-refractivity contribution in [2.75, 3.05) is 40.9 Å². The SMILES string of the molecule is CCCCCCCCCC/C=C\CCCCCCCCCCCCCCCCCCCC(=O)NC(COP(=O)(O)OCC[N+](C)(C)C)C(O)CCCCCCCC. The zero-order valence-electron chi connectivity index (χ0n) is 38.6. The molecule has 0 aliphatic rings. The van der Waals surface area contributed by atoms with Crippen molar-refractivity contribution in [2.24, 2.45) is 0 Å². The highest BCUT2D eigenvalue weighted by Crippen LogP contribution is 2.43. The van der Waals surface area contributed by atoms with E-state index >= 15 is 0 Å².